The van der Waals surface area contributed by atoms with E-state index in [4.69, 9.17) is 4.74 Å². The van der Waals surface area contributed by atoms with Crippen LogP contribution in [0.5, 0.6) is 5.75 Å². The fourth-order valence-electron chi connectivity index (χ4n) is 2.79. The number of aryl methyl sites for hydroxylation is 2. The van der Waals surface area contributed by atoms with Crippen LogP contribution in [-0.2, 0) is 26.6 Å². The molecule has 0 aliphatic rings. The molecule has 1 N–H and O–H groups in total. The number of nitrogens with one attached hydrogen (secondary N) is 1. The minimum atomic E-state index is -0.104. The second kappa shape index (κ2) is 8.54. The maximum Gasteiger partial charge on any atom is 0.251 e. The molecule has 2 aromatic carbocycles. The molecular weight excluding hydrogens is 338 g/mol. The Bertz CT molecular complexity index is 914. The summed E-state index contributed by atoms with van der Waals surface area (Å²) in [6.07, 6.45) is 2.79. The van der Waals surface area contributed by atoms with Crippen LogP contribution in [0.2, 0.25) is 0 Å². The summed E-state index contributed by atoms with van der Waals surface area (Å²) in [7, 11) is 1.89. The van der Waals surface area contributed by atoms with Gasteiger partial charge in [0.05, 0.1) is 6.20 Å². The molecule has 140 valence electrons. The minimum Gasteiger partial charge on any atom is -0.489 e. The summed E-state index contributed by atoms with van der Waals surface area (Å²) in [5, 5.41) is 7.14. The van der Waals surface area contributed by atoms with E-state index in [1.54, 1.807) is 10.9 Å². The van der Waals surface area contributed by atoms with E-state index < -0.39 is 0 Å². The van der Waals surface area contributed by atoms with Crippen LogP contribution in [0, 0.1) is 6.92 Å². The molecule has 0 spiro atoms. The molecule has 5 heteroatoms. The highest BCUT2D eigenvalue weighted by molar-refractivity contribution is 5.94. The van der Waals surface area contributed by atoms with Crippen molar-refractivity contribution in [2.75, 3.05) is 0 Å². The molecule has 1 amide bonds. The lowest BCUT2D eigenvalue weighted by Gasteiger charge is -2.09. The highest BCUT2D eigenvalue weighted by Crippen LogP contribution is 2.15. The van der Waals surface area contributed by atoms with Gasteiger partial charge in [-0.1, -0.05) is 31.2 Å². The third-order valence-corrected chi connectivity index (χ3v) is 4.70. The predicted octanol–water partition coefficient (Wildman–Crippen LogP) is 3.80. The summed E-state index contributed by atoms with van der Waals surface area (Å²) in [5.74, 6) is 0.724. The van der Waals surface area contributed by atoms with Gasteiger partial charge in [-0.05, 0) is 48.7 Å². The standard InChI is InChI=1S/C22H25N3O2/c1-4-17-8-10-21(11-9-17)27-15-18-6-5-7-19(12-18)22(26)23-13-20-14-24-25(3)16(20)2/h5-12,14H,4,13,15H2,1-3H3,(H,23,26). The van der Waals surface area contributed by atoms with Crippen molar-refractivity contribution in [2.45, 2.75) is 33.4 Å². The van der Waals surface area contributed by atoms with Gasteiger partial charge in [0, 0.05) is 30.4 Å². The number of rotatable bonds is 7. The smallest absolute Gasteiger partial charge is 0.251 e. The van der Waals surface area contributed by atoms with Crippen LogP contribution in [0.15, 0.2) is 54.7 Å². The van der Waals surface area contributed by atoms with E-state index in [0.29, 0.717) is 18.7 Å². The Morgan fingerprint density at radius 1 is 1.15 bits per heavy atom. The van der Waals surface area contributed by atoms with Crippen molar-refractivity contribution in [1.82, 2.24) is 15.1 Å². The first-order chi connectivity index (χ1) is 13.1. The van der Waals surface area contributed by atoms with Crippen molar-refractivity contribution < 1.29 is 9.53 Å². The van der Waals surface area contributed by atoms with Gasteiger partial charge >= 0.3 is 0 Å². The van der Waals surface area contributed by atoms with E-state index in [9.17, 15) is 4.79 Å². The second-order valence-corrected chi connectivity index (χ2v) is 6.55. The lowest BCUT2D eigenvalue weighted by Crippen LogP contribution is -2.23. The second-order valence-electron chi connectivity index (χ2n) is 6.55. The first-order valence-corrected chi connectivity index (χ1v) is 9.13. The van der Waals surface area contributed by atoms with E-state index in [1.807, 2.05) is 50.4 Å². The van der Waals surface area contributed by atoms with Gasteiger partial charge in [-0.3, -0.25) is 9.48 Å². The fourth-order valence-corrected chi connectivity index (χ4v) is 2.79. The number of hydrogen-bond donors (Lipinski definition) is 1. The number of benzene rings is 2. The predicted molar refractivity (Wildman–Crippen MR) is 106 cm³/mol. The monoisotopic (exact) mass is 363 g/mol. The van der Waals surface area contributed by atoms with Crippen molar-refractivity contribution in [3.8, 4) is 5.75 Å². The molecule has 0 atom stereocenters. The number of nitrogens with zero attached hydrogens (tertiary/aromatic N) is 2. The van der Waals surface area contributed by atoms with Crippen LogP contribution in [-0.4, -0.2) is 15.7 Å². The van der Waals surface area contributed by atoms with E-state index in [2.05, 4.69) is 29.5 Å². The van der Waals surface area contributed by atoms with Gasteiger partial charge < -0.3 is 10.1 Å². The third-order valence-electron chi connectivity index (χ3n) is 4.70. The lowest BCUT2D eigenvalue weighted by atomic mass is 10.1. The van der Waals surface area contributed by atoms with Gasteiger partial charge in [0.1, 0.15) is 12.4 Å². The zero-order valence-electron chi connectivity index (χ0n) is 16.0. The number of hydrogen-bond acceptors (Lipinski definition) is 3. The summed E-state index contributed by atoms with van der Waals surface area (Å²) in [4.78, 5) is 12.5. The van der Waals surface area contributed by atoms with Crippen LogP contribution >= 0.6 is 0 Å². The molecule has 0 unspecified atom stereocenters. The van der Waals surface area contributed by atoms with Crippen molar-refractivity contribution >= 4 is 5.91 Å². The SMILES string of the molecule is CCc1ccc(OCc2cccc(C(=O)NCc3cnn(C)c3C)c2)cc1. The minimum absolute atomic E-state index is 0.104. The first kappa shape index (κ1) is 18.7. The molecule has 27 heavy (non-hydrogen) atoms. The average molecular weight is 363 g/mol. The zero-order valence-corrected chi connectivity index (χ0v) is 16.0. The Morgan fingerprint density at radius 2 is 1.93 bits per heavy atom. The number of ether oxygens (including phenoxy) is 1. The molecule has 0 saturated heterocycles. The van der Waals surface area contributed by atoms with Crippen LogP contribution in [0.1, 0.15) is 39.7 Å². The topological polar surface area (TPSA) is 56.1 Å². The van der Waals surface area contributed by atoms with E-state index >= 15 is 0 Å². The zero-order chi connectivity index (χ0) is 19.2. The summed E-state index contributed by atoms with van der Waals surface area (Å²) in [6, 6.07) is 15.6. The Balaban J connectivity index is 1.58. The molecule has 1 heterocycles. The lowest BCUT2D eigenvalue weighted by molar-refractivity contribution is 0.0950. The Labute approximate surface area is 160 Å². The largest absolute Gasteiger partial charge is 0.489 e. The maximum absolute atomic E-state index is 12.5. The maximum atomic E-state index is 12.5. The molecule has 0 radical (unpaired) electrons. The number of carbonyl (C=O) groups is 1. The number of aromatic nitrogens is 2. The average Bonchev–Trinajstić information content (AvgIpc) is 3.03. The van der Waals surface area contributed by atoms with Gasteiger partial charge in [-0.2, -0.15) is 5.10 Å². The fraction of sp³-hybridized carbons (Fsp3) is 0.273. The molecular formula is C22H25N3O2. The van der Waals surface area contributed by atoms with Crippen molar-refractivity contribution in [3.63, 3.8) is 0 Å². The molecule has 0 aliphatic heterocycles. The Morgan fingerprint density at radius 3 is 2.59 bits per heavy atom. The molecule has 0 saturated carbocycles. The van der Waals surface area contributed by atoms with Gasteiger partial charge in [0.2, 0.25) is 0 Å². The summed E-state index contributed by atoms with van der Waals surface area (Å²) < 4.78 is 7.63. The summed E-state index contributed by atoms with van der Waals surface area (Å²) >= 11 is 0. The van der Waals surface area contributed by atoms with Crippen molar-refractivity contribution in [3.05, 3.63) is 82.7 Å². The van der Waals surface area contributed by atoms with Crippen LogP contribution in [0.25, 0.3) is 0 Å². The summed E-state index contributed by atoms with van der Waals surface area (Å²) in [6.45, 7) is 5.00. The molecule has 5 nitrogen and oxygen atoms in total. The number of amides is 1. The van der Waals surface area contributed by atoms with Crippen molar-refractivity contribution in [2.24, 2.45) is 7.05 Å². The van der Waals surface area contributed by atoms with Gasteiger partial charge in [0.15, 0.2) is 0 Å². The molecule has 3 aromatic rings. The van der Waals surface area contributed by atoms with E-state index in [-0.39, 0.29) is 5.91 Å². The molecule has 3 rings (SSSR count). The third kappa shape index (κ3) is 4.76. The quantitative estimate of drug-likeness (QED) is 0.695. The van der Waals surface area contributed by atoms with Crippen LogP contribution in [0.4, 0.5) is 0 Å². The number of carbonyl (C=O) groups excluding carboxylic acids is 1. The van der Waals surface area contributed by atoms with E-state index in [0.717, 1.165) is 29.0 Å². The molecule has 0 bridgehead atoms. The first-order valence-electron chi connectivity index (χ1n) is 9.13. The van der Waals surface area contributed by atoms with Crippen molar-refractivity contribution in [1.29, 1.82) is 0 Å². The van der Waals surface area contributed by atoms with Crippen LogP contribution in [0.3, 0.4) is 0 Å². The molecule has 1 aromatic heterocycles. The summed E-state index contributed by atoms with van der Waals surface area (Å²) in [5.41, 5.74) is 4.93. The van der Waals surface area contributed by atoms with Crippen LogP contribution < -0.4 is 10.1 Å². The van der Waals surface area contributed by atoms with Gasteiger partial charge in [0.25, 0.3) is 5.91 Å². The molecule has 0 aliphatic carbocycles. The van der Waals surface area contributed by atoms with E-state index in [1.165, 1.54) is 5.56 Å². The van der Waals surface area contributed by atoms with Gasteiger partial charge in [-0.15, -0.1) is 0 Å². The van der Waals surface area contributed by atoms with Gasteiger partial charge in [-0.25, -0.2) is 0 Å². The Kier molecular flexibility index (Phi) is 5.91. The molecule has 0 fully saturated rings. The highest BCUT2D eigenvalue weighted by atomic mass is 16.5. The Hall–Kier alpha value is -3.08. The highest BCUT2D eigenvalue weighted by Gasteiger charge is 2.09. The normalized spacial score (nSPS) is 10.6.